The summed E-state index contributed by atoms with van der Waals surface area (Å²) in [6.45, 7) is 1.88. The van der Waals surface area contributed by atoms with Gasteiger partial charge in [-0.2, -0.15) is 0 Å². The summed E-state index contributed by atoms with van der Waals surface area (Å²) in [6.07, 6.45) is -0.0941. The topological polar surface area (TPSA) is 18.5 Å². The second-order valence-electron chi connectivity index (χ2n) is 1.90. The monoisotopic (exact) mass is 142 g/mol. The van der Waals surface area contributed by atoms with Crippen molar-refractivity contribution in [2.45, 2.75) is 13.2 Å². The number of ether oxygens (including phenoxy) is 2. The smallest absolute Gasteiger partial charge is 0.238 e. The molecule has 0 unspecified atom stereocenters. The summed E-state index contributed by atoms with van der Waals surface area (Å²) < 4.78 is 10.5. The van der Waals surface area contributed by atoms with E-state index in [9.17, 15) is 0 Å². The van der Waals surface area contributed by atoms with Crippen LogP contribution in [0.15, 0.2) is 10.8 Å². The van der Waals surface area contributed by atoms with Crippen molar-refractivity contribution in [3.8, 4) is 11.5 Å². The van der Waals surface area contributed by atoms with Gasteiger partial charge in [0, 0.05) is 17.7 Å². The summed E-state index contributed by atoms with van der Waals surface area (Å²) in [5.74, 6) is 1.76. The fourth-order valence-corrected chi connectivity index (χ4v) is 1.49. The molecule has 1 aromatic rings. The molecule has 0 atom stereocenters. The Bertz CT molecular complexity index is 198. The third kappa shape index (κ3) is 0.685. The van der Waals surface area contributed by atoms with Crippen molar-refractivity contribution in [2.75, 3.05) is 0 Å². The lowest BCUT2D eigenvalue weighted by molar-refractivity contribution is 0.0678. The van der Waals surface area contributed by atoms with Crippen molar-refractivity contribution in [3.05, 3.63) is 10.8 Å². The van der Waals surface area contributed by atoms with E-state index in [0.717, 1.165) is 11.5 Å². The van der Waals surface area contributed by atoms with E-state index in [1.165, 1.54) is 0 Å². The predicted octanol–water partition coefficient (Wildman–Crippen LogP) is 1.87. The molecule has 3 heteroatoms. The maximum atomic E-state index is 5.23. The van der Waals surface area contributed by atoms with Gasteiger partial charge in [0.15, 0.2) is 11.5 Å². The van der Waals surface area contributed by atoms with Crippen molar-refractivity contribution < 1.29 is 9.47 Å². The minimum Gasteiger partial charge on any atom is -0.450 e. The first kappa shape index (κ1) is 5.11. The lowest BCUT2D eigenvalue weighted by Crippen LogP contribution is -2.11. The zero-order valence-corrected chi connectivity index (χ0v) is 5.77. The minimum atomic E-state index is -0.0941. The quantitative estimate of drug-likeness (QED) is 0.550. The van der Waals surface area contributed by atoms with E-state index < -0.39 is 0 Å². The van der Waals surface area contributed by atoms with Crippen LogP contribution in [0.5, 0.6) is 11.5 Å². The van der Waals surface area contributed by atoms with E-state index in [1.807, 2.05) is 17.7 Å². The first-order valence-corrected chi connectivity index (χ1v) is 3.70. The third-order valence-corrected chi connectivity index (χ3v) is 1.88. The molecule has 1 aliphatic rings. The molecule has 0 spiro atoms. The molecule has 2 rings (SSSR count). The highest BCUT2D eigenvalue weighted by atomic mass is 32.1. The van der Waals surface area contributed by atoms with E-state index in [0.29, 0.717) is 0 Å². The SMILES string of the molecule is CC1Oc2cscc2O1. The summed E-state index contributed by atoms with van der Waals surface area (Å²) in [5, 5.41) is 3.89. The Kier molecular flexibility index (Phi) is 0.931. The molecule has 0 bridgehead atoms. The number of hydrogen-bond acceptors (Lipinski definition) is 3. The van der Waals surface area contributed by atoms with Gasteiger partial charge < -0.3 is 9.47 Å². The van der Waals surface area contributed by atoms with Crippen LogP contribution in [0.2, 0.25) is 0 Å². The van der Waals surface area contributed by atoms with Gasteiger partial charge in [-0.05, 0) is 0 Å². The fourth-order valence-electron chi connectivity index (χ4n) is 0.827. The Hall–Kier alpha value is -0.700. The molecule has 0 amide bonds. The number of rotatable bonds is 0. The Labute approximate surface area is 57.0 Å². The molecule has 1 aliphatic heterocycles. The van der Waals surface area contributed by atoms with Crippen LogP contribution in [-0.4, -0.2) is 6.29 Å². The zero-order valence-electron chi connectivity index (χ0n) is 4.96. The second kappa shape index (κ2) is 1.64. The van der Waals surface area contributed by atoms with Crippen LogP contribution >= 0.6 is 11.3 Å². The Morgan fingerprint density at radius 2 is 1.89 bits per heavy atom. The Balaban J connectivity index is 2.39. The molecule has 0 saturated heterocycles. The number of thiophene rings is 1. The molecular formula is C6H6O2S. The van der Waals surface area contributed by atoms with Crippen LogP contribution in [0.1, 0.15) is 6.92 Å². The van der Waals surface area contributed by atoms with Crippen LogP contribution in [0.4, 0.5) is 0 Å². The summed E-state index contributed by atoms with van der Waals surface area (Å²) in [5.41, 5.74) is 0. The van der Waals surface area contributed by atoms with E-state index in [4.69, 9.17) is 9.47 Å². The molecule has 9 heavy (non-hydrogen) atoms. The van der Waals surface area contributed by atoms with Gasteiger partial charge in [0.2, 0.25) is 6.29 Å². The highest BCUT2D eigenvalue weighted by Crippen LogP contribution is 2.37. The van der Waals surface area contributed by atoms with Crippen molar-refractivity contribution in [2.24, 2.45) is 0 Å². The molecule has 0 N–H and O–H groups in total. The van der Waals surface area contributed by atoms with Gasteiger partial charge in [-0.25, -0.2) is 0 Å². The van der Waals surface area contributed by atoms with E-state index in [2.05, 4.69) is 0 Å². The molecule has 48 valence electrons. The predicted molar refractivity (Wildman–Crippen MR) is 35.0 cm³/mol. The summed E-state index contributed by atoms with van der Waals surface area (Å²) in [6, 6.07) is 0. The molecule has 2 nitrogen and oxygen atoms in total. The van der Waals surface area contributed by atoms with Crippen molar-refractivity contribution >= 4 is 11.3 Å². The highest BCUT2D eigenvalue weighted by molar-refractivity contribution is 7.08. The minimum absolute atomic E-state index is 0.0941. The lowest BCUT2D eigenvalue weighted by atomic mass is 10.6. The fraction of sp³-hybridized carbons (Fsp3) is 0.333. The van der Waals surface area contributed by atoms with E-state index in [1.54, 1.807) is 11.3 Å². The third-order valence-electron chi connectivity index (χ3n) is 1.18. The lowest BCUT2D eigenvalue weighted by Gasteiger charge is -2.00. The second-order valence-corrected chi connectivity index (χ2v) is 2.65. The largest absolute Gasteiger partial charge is 0.450 e. The van der Waals surface area contributed by atoms with Gasteiger partial charge in [0.05, 0.1) is 0 Å². The van der Waals surface area contributed by atoms with Crippen molar-refractivity contribution in [1.29, 1.82) is 0 Å². The van der Waals surface area contributed by atoms with Gasteiger partial charge in [-0.15, -0.1) is 11.3 Å². The highest BCUT2D eigenvalue weighted by Gasteiger charge is 2.19. The average molecular weight is 142 g/mol. The summed E-state index contributed by atoms with van der Waals surface area (Å²) >= 11 is 1.59. The molecule has 0 radical (unpaired) electrons. The Morgan fingerprint density at radius 3 is 2.44 bits per heavy atom. The van der Waals surface area contributed by atoms with Crippen LogP contribution < -0.4 is 9.47 Å². The molecule has 1 aromatic heterocycles. The Morgan fingerprint density at radius 1 is 1.33 bits per heavy atom. The first-order valence-electron chi connectivity index (χ1n) is 2.76. The van der Waals surface area contributed by atoms with E-state index >= 15 is 0 Å². The maximum absolute atomic E-state index is 5.23. The molecule has 2 heterocycles. The normalized spacial score (nSPS) is 16.6. The van der Waals surface area contributed by atoms with Gasteiger partial charge >= 0.3 is 0 Å². The van der Waals surface area contributed by atoms with Crippen LogP contribution in [0.3, 0.4) is 0 Å². The number of hydrogen-bond donors (Lipinski definition) is 0. The maximum Gasteiger partial charge on any atom is 0.238 e. The first-order chi connectivity index (χ1) is 4.36. The molecule has 0 fully saturated rings. The number of fused-ring (bicyclic) bond motifs is 1. The van der Waals surface area contributed by atoms with Crippen LogP contribution in [0, 0.1) is 0 Å². The molecular weight excluding hydrogens is 136 g/mol. The van der Waals surface area contributed by atoms with Crippen molar-refractivity contribution in [1.82, 2.24) is 0 Å². The van der Waals surface area contributed by atoms with Gasteiger partial charge in [0.1, 0.15) is 0 Å². The van der Waals surface area contributed by atoms with Crippen molar-refractivity contribution in [3.63, 3.8) is 0 Å². The van der Waals surface area contributed by atoms with Crippen LogP contribution in [0.25, 0.3) is 0 Å². The van der Waals surface area contributed by atoms with Gasteiger partial charge in [-0.3, -0.25) is 0 Å². The summed E-state index contributed by atoms with van der Waals surface area (Å²) in [7, 11) is 0. The summed E-state index contributed by atoms with van der Waals surface area (Å²) in [4.78, 5) is 0. The average Bonchev–Trinajstić information content (AvgIpc) is 2.22. The zero-order chi connectivity index (χ0) is 6.27. The molecule has 0 aromatic carbocycles. The van der Waals surface area contributed by atoms with Crippen LogP contribution in [-0.2, 0) is 0 Å². The van der Waals surface area contributed by atoms with E-state index in [-0.39, 0.29) is 6.29 Å². The molecule has 0 aliphatic carbocycles. The molecule has 0 saturated carbocycles. The standard InChI is InChI=1S/C6H6O2S/c1-4-7-5-2-9-3-6(5)8-4/h2-4H,1H3. The van der Waals surface area contributed by atoms with Gasteiger partial charge in [-0.1, -0.05) is 0 Å². The van der Waals surface area contributed by atoms with Gasteiger partial charge in [0.25, 0.3) is 0 Å².